The summed E-state index contributed by atoms with van der Waals surface area (Å²) in [7, 11) is 1.59. The van der Waals surface area contributed by atoms with Crippen LogP contribution in [0.15, 0.2) is 29.6 Å². The maximum absolute atomic E-state index is 12.3. The molecule has 30 heavy (non-hydrogen) atoms. The molecule has 1 aromatic heterocycles. The fraction of sp³-hybridized carbons (Fsp3) is 0.409. The third-order valence-corrected chi connectivity index (χ3v) is 5.62. The summed E-state index contributed by atoms with van der Waals surface area (Å²) in [6, 6.07) is 7.41. The molecule has 3 rings (SSSR count). The lowest BCUT2D eigenvalue weighted by Crippen LogP contribution is -2.22. The number of esters is 2. The minimum Gasteiger partial charge on any atom is -0.497 e. The first-order valence-electron chi connectivity index (χ1n) is 9.88. The molecule has 1 aliphatic rings. The molecule has 0 bridgehead atoms. The standard InChI is InChI=1S/C22H25NO6S/c1-3-28-22(26)20-17(15-7-8-15)13-30-21(20)23-18(24)12-29-19(25)11-6-14-4-9-16(27-2)10-5-14/h4-5,9-10,13,15H,3,6-8,11-12H2,1-2H3,(H,23,24). The van der Waals surface area contributed by atoms with E-state index in [0.717, 1.165) is 29.7 Å². The first kappa shape index (κ1) is 21.8. The van der Waals surface area contributed by atoms with Crippen molar-refractivity contribution >= 4 is 34.2 Å². The highest BCUT2D eigenvalue weighted by molar-refractivity contribution is 7.15. The normalized spacial score (nSPS) is 12.9. The molecule has 1 N–H and O–H groups in total. The van der Waals surface area contributed by atoms with Gasteiger partial charge in [-0.05, 0) is 60.7 Å². The summed E-state index contributed by atoms with van der Waals surface area (Å²) in [6.07, 6.45) is 2.73. The Hall–Kier alpha value is -2.87. The lowest BCUT2D eigenvalue weighted by Gasteiger charge is -2.09. The van der Waals surface area contributed by atoms with Gasteiger partial charge in [-0.15, -0.1) is 11.3 Å². The number of carbonyl (C=O) groups excluding carboxylic acids is 3. The van der Waals surface area contributed by atoms with E-state index in [2.05, 4.69) is 5.32 Å². The molecule has 1 aromatic carbocycles. The summed E-state index contributed by atoms with van der Waals surface area (Å²) in [5, 5.41) is 5.01. The first-order chi connectivity index (χ1) is 14.5. The molecule has 8 heteroatoms. The Bertz CT molecular complexity index is 901. The summed E-state index contributed by atoms with van der Waals surface area (Å²) in [4.78, 5) is 36.5. The number of amides is 1. The molecule has 0 atom stereocenters. The zero-order valence-electron chi connectivity index (χ0n) is 17.1. The van der Waals surface area contributed by atoms with Crippen LogP contribution in [0.4, 0.5) is 5.00 Å². The molecule has 160 valence electrons. The van der Waals surface area contributed by atoms with E-state index < -0.39 is 24.5 Å². The molecular weight excluding hydrogens is 406 g/mol. The highest BCUT2D eigenvalue weighted by atomic mass is 32.1. The lowest BCUT2D eigenvalue weighted by molar-refractivity contribution is -0.147. The predicted octanol–water partition coefficient (Wildman–Crippen LogP) is 3.93. The smallest absolute Gasteiger partial charge is 0.341 e. The summed E-state index contributed by atoms with van der Waals surface area (Å²) in [6.45, 7) is 1.60. The summed E-state index contributed by atoms with van der Waals surface area (Å²) < 4.78 is 15.3. The fourth-order valence-electron chi connectivity index (χ4n) is 2.99. The van der Waals surface area contributed by atoms with E-state index in [9.17, 15) is 14.4 Å². The van der Waals surface area contributed by atoms with E-state index in [0.29, 0.717) is 22.9 Å². The number of nitrogens with one attached hydrogen (secondary N) is 1. The quantitative estimate of drug-likeness (QED) is 0.573. The second-order valence-corrected chi connectivity index (χ2v) is 7.83. The third-order valence-electron chi connectivity index (χ3n) is 4.71. The highest BCUT2D eigenvalue weighted by Crippen LogP contribution is 2.46. The fourth-order valence-corrected chi connectivity index (χ4v) is 4.04. The Morgan fingerprint density at radius 3 is 2.50 bits per heavy atom. The molecule has 0 radical (unpaired) electrons. The molecule has 2 aromatic rings. The van der Waals surface area contributed by atoms with Crippen LogP contribution in [0.25, 0.3) is 0 Å². The molecule has 0 aliphatic heterocycles. The zero-order chi connectivity index (χ0) is 21.5. The molecule has 1 aliphatic carbocycles. The minimum atomic E-state index is -0.484. The van der Waals surface area contributed by atoms with Crippen molar-refractivity contribution in [2.45, 2.75) is 38.5 Å². The van der Waals surface area contributed by atoms with Crippen LogP contribution < -0.4 is 10.1 Å². The molecule has 0 unspecified atom stereocenters. The van der Waals surface area contributed by atoms with Gasteiger partial charge in [-0.2, -0.15) is 0 Å². The van der Waals surface area contributed by atoms with Crippen LogP contribution in [0.1, 0.15) is 53.6 Å². The van der Waals surface area contributed by atoms with E-state index in [1.807, 2.05) is 29.6 Å². The Morgan fingerprint density at radius 1 is 1.13 bits per heavy atom. The van der Waals surface area contributed by atoms with Crippen LogP contribution in [-0.2, 0) is 25.5 Å². The number of methoxy groups -OCH3 is 1. The Morgan fingerprint density at radius 2 is 1.87 bits per heavy atom. The molecular formula is C22H25NO6S. The van der Waals surface area contributed by atoms with Gasteiger partial charge < -0.3 is 19.5 Å². The topological polar surface area (TPSA) is 90.9 Å². The number of carbonyl (C=O) groups is 3. The van der Waals surface area contributed by atoms with Gasteiger partial charge in [0.05, 0.1) is 19.3 Å². The van der Waals surface area contributed by atoms with Gasteiger partial charge in [0.25, 0.3) is 5.91 Å². The minimum absolute atomic E-state index is 0.165. The van der Waals surface area contributed by atoms with Crippen molar-refractivity contribution < 1.29 is 28.6 Å². The van der Waals surface area contributed by atoms with Crippen LogP contribution in [0, 0.1) is 0 Å². The number of benzene rings is 1. The molecule has 1 amide bonds. The van der Waals surface area contributed by atoms with Gasteiger partial charge >= 0.3 is 11.9 Å². The molecule has 1 heterocycles. The SMILES string of the molecule is CCOC(=O)c1c(C2CC2)csc1NC(=O)COC(=O)CCc1ccc(OC)cc1. The maximum atomic E-state index is 12.3. The van der Waals surface area contributed by atoms with Gasteiger partial charge in [-0.1, -0.05) is 12.1 Å². The van der Waals surface area contributed by atoms with Crippen molar-refractivity contribution in [3.8, 4) is 5.75 Å². The Labute approximate surface area is 179 Å². The number of aryl methyl sites for hydroxylation is 1. The van der Waals surface area contributed by atoms with Crippen molar-refractivity contribution in [2.75, 3.05) is 25.6 Å². The summed E-state index contributed by atoms with van der Waals surface area (Å²) in [5.41, 5.74) is 2.32. The average Bonchev–Trinajstić information content (AvgIpc) is 3.51. The highest BCUT2D eigenvalue weighted by Gasteiger charge is 2.32. The van der Waals surface area contributed by atoms with Gasteiger partial charge in [-0.25, -0.2) is 4.79 Å². The van der Waals surface area contributed by atoms with Crippen molar-refractivity contribution in [2.24, 2.45) is 0 Å². The van der Waals surface area contributed by atoms with Crippen LogP contribution >= 0.6 is 11.3 Å². The number of hydrogen-bond acceptors (Lipinski definition) is 7. The first-order valence-corrected chi connectivity index (χ1v) is 10.8. The Kier molecular flexibility index (Phi) is 7.46. The van der Waals surface area contributed by atoms with Crippen molar-refractivity contribution in [3.05, 3.63) is 46.3 Å². The predicted molar refractivity (Wildman–Crippen MR) is 113 cm³/mol. The number of ether oxygens (including phenoxy) is 3. The number of anilines is 1. The van der Waals surface area contributed by atoms with Crippen LogP contribution in [0.2, 0.25) is 0 Å². The zero-order valence-corrected chi connectivity index (χ0v) is 17.9. The Balaban J connectivity index is 1.49. The van der Waals surface area contributed by atoms with Crippen LogP contribution in [0.5, 0.6) is 5.75 Å². The van der Waals surface area contributed by atoms with Gasteiger partial charge in [-0.3, -0.25) is 9.59 Å². The maximum Gasteiger partial charge on any atom is 0.341 e. The van der Waals surface area contributed by atoms with E-state index in [-0.39, 0.29) is 13.0 Å². The summed E-state index contributed by atoms with van der Waals surface area (Å²) in [5.74, 6) is -0.285. The molecule has 1 saturated carbocycles. The monoisotopic (exact) mass is 431 g/mol. The second kappa shape index (κ2) is 10.2. The van der Waals surface area contributed by atoms with Gasteiger partial charge in [0.2, 0.25) is 0 Å². The van der Waals surface area contributed by atoms with Crippen LogP contribution in [0.3, 0.4) is 0 Å². The molecule has 0 saturated heterocycles. The van der Waals surface area contributed by atoms with Crippen molar-refractivity contribution in [1.29, 1.82) is 0 Å². The van der Waals surface area contributed by atoms with E-state index in [1.165, 1.54) is 11.3 Å². The lowest BCUT2D eigenvalue weighted by atomic mass is 10.1. The van der Waals surface area contributed by atoms with Crippen molar-refractivity contribution in [3.63, 3.8) is 0 Å². The van der Waals surface area contributed by atoms with Gasteiger partial charge in [0.15, 0.2) is 6.61 Å². The van der Waals surface area contributed by atoms with Crippen molar-refractivity contribution in [1.82, 2.24) is 0 Å². The largest absolute Gasteiger partial charge is 0.497 e. The van der Waals surface area contributed by atoms with E-state index >= 15 is 0 Å². The summed E-state index contributed by atoms with van der Waals surface area (Å²) >= 11 is 1.29. The average molecular weight is 432 g/mol. The third kappa shape index (κ3) is 5.82. The molecule has 7 nitrogen and oxygen atoms in total. The number of thiophene rings is 1. The van der Waals surface area contributed by atoms with Crippen LogP contribution in [-0.4, -0.2) is 38.2 Å². The van der Waals surface area contributed by atoms with E-state index in [1.54, 1.807) is 14.0 Å². The number of hydrogen-bond donors (Lipinski definition) is 1. The molecule has 0 spiro atoms. The number of rotatable bonds is 10. The van der Waals surface area contributed by atoms with Gasteiger partial charge in [0, 0.05) is 6.42 Å². The van der Waals surface area contributed by atoms with Gasteiger partial charge in [0.1, 0.15) is 10.8 Å². The second-order valence-electron chi connectivity index (χ2n) is 6.95. The molecule has 1 fully saturated rings. The van der Waals surface area contributed by atoms with E-state index in [4.69, 9.17) is 14.2 Å².